The maximum absolute atomic E-state index is 13.2. The van der Waals surface area contributed by atoms with Crippen LogP contribution in [0.15, 0.2) is 64.0 Å². The van der Waals surface area contributed by atoms with Crippen LogP contribution >= 0.6 is 39.9 Å². The molecule has 7 nitrogen and oxygen atoms in total. The normalized spacial score (nSPS) is 14.1. The molecule has 196 valence electrons. The van der Waals surface area contributed by atoms with E-state index in [1.807, 2.05) is 38.1 Å². The number of para-hydroxylation sites is 2. The lowest BCUT2D eigenvalue weighted by atomic mass is 10.1. The molecule has 0 bridgehead atoms. The van der Waals surface area contributed by atoms with Gasteiger partial charge in [-0.3, -0.25) is 14.5 Å². The molecule has 10 heteroatoms. The van der Waals surface area contributed by atoms with Crippen molar-refractivity contribution in [2.45, 2.75) is 13.8 Å². The van der Waals surface area contributed by atoms with E-state index in [0.717, 1.165) is 21.2 Å². The van der Waals surface area contributed by atoms with Gasteiger partial charge in [0.2, 0.25) is 0 Å². The van der Waals surface area contributed by atoms with Crippen molar-refractivity contribution in [3.63, 3.8) is 0 Å². The van der Waals surface area contributed by atoms with Gasteiger partial charge >= 0.3 is 0 Å². The first-order valence-corrected chi connectivity index (χ1v) is 13.5. The van der Waals surface area contributed by atoms with Crippen LogP contribution in [-0.4, -0.2) is 37.0 Å². The number of thioether (sulfide) groups is 1. The van der Waals surface area contributed by atoms with Crippen LogP contribution in [0.4, 0.5) is 11.4 Å². The summed E-state index contributed by atoms with van der Waals surface area (Å²) < 4.78 is 17.8. The lowest BCUT2D eigenvalue weighted by molar-refractivity contribution is -0.118. The molecular formula is C28H25BrN2O5S2. The van der Waals surface area contributed by atoms with Crippen molar-refractivity contribution >= 4 is 73.5 Å². The standard InChI is InChI=1S/C28H25BrN2O5S2/c1-16-11-19(29)20(12-17(16)2)30-26(32)15-36-23-10-9-18(13-24(23)35-4)14-25-27(33)31(28(37)38-25)21-7-5-6-8-22(21)34-3/h5-14H,15H2,1-4H3,(H,30,32)/b25-14+. The number of methoxy groups -OCH3 is 2. The SMILES string of the molecule is COc1cc(/C=C2/SC(=S)N(c3ccccc3OC)C2=O)ccc1OCC(=O)Nc1cc(C)c(C)cc1Br. The second-order valence-electron chi connectivity index (χ2n) is 8.35. The minimum Gasteiger partial charge on any atom is -0.495 e. The van der Waals surface area contributed by atoms with Crippen LogP contribution < -0.4 is 24.4 Å². The molecule has 1 aliphatic heterocycles. The van der Waals surface area contributed by atoms with E-state index in [-0.39, 0.29) is 18.4 Å². The van der Waals surface area contributed by atoms with Crippen LogP contribution in [-0.2, 0) is 9.59 Å². The molecule has 0 saturated carbocycles. The third-order valence-corrected chi connectivity index (χ3v) is 7.78. The fourth-order valence-corrected chi connectivity index (χ4v) is 5.58. The van der Waals surface area contributed by atoms with Crippen LogP contribution in [0.3, 0.4) is 0 Å². The number of benzene rings is 3. The Kier molecular flexibility index (Phi) is 8.76. The van der Waals surface area contributed by atoms with Gasteiger partial charge < -0.3 is 19.5 Å². The number of carbonyl (C=O) groups excluding carboxylic acids is 2. The molecule has 0 radical (unpaired) electrons. The topological polar surface area (TPSA) is 77.1 Å². The lowest BCUT2D eigenvalue weighted by Crippen LogP contribution is -2.27. The van der Waals surface area contributed by atoms with Crippen molar-refractivity contribution in [3.05, 3.63) is 80.7 Å². The number of thiocarbonyl (C=S) groups is 1. The Hall–Kier alpha value is -3.34. The molecule has 0 aliphatic carbocycles. The smallest absolute Gasteiger partial charge is 0.270 e. The summed E-state index contributed by atoms with van der Waals surface area (Å²) in [5, 5.41) is 2.85. The molecule has 3 aromatic rings. The minimum absolute atomic E-state index is 0.202. The van der Waals surface area contributed by atoms with Gasteiger partial charge in [-0.05, 0) is 88.9 Å². The van der Waals surface area contributed by atoms with E-state index < -0.39 is 0 Å². The highest BCUT2D eigenvalue weighted by atomic mass is 79.9. The Balaban J connectivity index is 1.47. The summed E-state index contributed by atoms with van der Waals surface area (Å²) in [4.78, 5) is 27.6. The van der Waals surface area contributed by atoms with Crippen LogP contribution in [0, 0.1) is 13.8 Å². The number of aryl methyl sites for hydroxylation is 2. The van der Waals surface area contributed by atoms with Gasteiger partial charge in [-0.2, -0.15) is 0 Å². The van der Waals surface area contributed by atoms with Crippen molar-refractivity contribution in [2.75, 3.05) is 31.0 Å². The maximum atomic E-state index is 13.2. The second kappa shape index (κ2) is 12.0. The monoisotopic (exact) mass is 612 g/mol. The molecule has 0 atom stereocenters. The zero-order valence-corrected chi connectivity index (χ0v) is 24.4. The van der Waals surface area contributed by atoms with Gasteiger partial charge in [-0.15, -0.1) is 0 Å². The predicted octanol–water partition coefficient (Wildman–Crippen LogP) is 6.51. The summed E-state index contributed by atoms with van der Waals surface area (Å²) in [7, 11) is 3.06. The molecule has 2 amide bonds. The highest BCUT2D eigenvalue weighted by molar-refractivity contribution is 9.10. The number of nitrogens with one attached hydrogen (secondary N) is 1. The van der Waals surface area contributed by atoms with Crippen LogP contribution in [0.5, 0.6) is 17.2 Å². The molecular weight excluding hydrogens is 588 g/mol. The van der Waals surface area contributed by atoms with E-state index in [2.05, 4.69) is 21.2 Å². The number of hydrogen-bond acceptors (Lipinski definition) is 7. The number of ether oxygens (including phenoxy) is 3. The zero-order valence-electron chi connectivity index (χ0n) is 21.2. The Bertz CT molecular complexity index is 1460. The summed E-state index contributed by atoms with van der Waals surface area (Å²) in [5.41, 5.74) is 4.18. The molecule has 1 N–H and O–H groups in total. The highest BCUT2D eigenvalue weighted by Gasteiger charge is 2.34. The van der Waals surface area contributed by atoms with E-state index in [4.69, 9.17) is 26.4 Å². The Morgan fingerprint density at radius 3 is 2.47 bits per heavy atom. The first-order chi connectivity index (χ1) is 18.2. The average molecular weight is 614 g/mol. The lowest BCUT2D eigenvalue weighted by Gasteiger charge is -2.17. The first kappa shape index (κ1) is 27.7. The van der Waals surface area contributed by atoms with Gasteiger partial charge in [0.1, 0.15) is 5.75 Å². The van der Waals surface area contributed by atoms with Crippen molar-refractivity contribution in [2.24, 2.45) is 0 Å². The Labute approximate surface area is 239 Å². The van der Waals surface area contributed by atoms with Gasteiger partial charge in [0, 0.05) is 4.47 Å². The minimum atomic E-state index is -0.305. The van der Waals surface area contributed by atoms with Crippen molar-refractivity contribution in [3.8, 4) is 17.2 Å². The van der Waals surface area contributed by atoms with E-state index in [9.17, 15) is 9.59 Å². The van der Waals surface area contributed by atoms with Gasteiger partial charge in [0.05, 0.1) is 30.5 Å². The summed E-state index contributed by atoms with van der Waals surface area (Å²) in [6, 6.07) is 16.3. The molecule has 0 unspecified atom stereocenters. The molecule has 3 aromatic carbocycles. The van der Waals surface area contributed by atoms with Gasteiger partial charge in [0.15, 0.2) is 22.4 Å². The number of anilines is 2. The quantitative estimate of drug-likeness (QED) is 0.230. The average Bonchev–Trinajstić information content (AvgIpc) is 3.18. The number of amides is 2. The van der Waals surface area contributed by atoms with Crippen LogP contribution in [0.1, 0.15) is 16.7 Å². The van der Waals surface area contributed by atoms with Crippen molar-refractivity contribution < 1.29 is 23.8 Å². The van der Waals surface area contributed by atoms with E-state index in [1.165, 1.54) is 23.8 Å². The van der Waals surface area contributed by atoms with E-state index in [1.54, 1.807) is 43.5 Å². The molecule has 0 spiro atoms. The third kappa shape index (κ3) is 6.03. The highest BCUT2D eigenvalue weighted by Crippen LogP contribution is 2.40. The van der Waals surface area contributed by atoms with E-state index in [0.29, 0.717) is 37.8 Å². The fraction of sp³-hybridized carbons (Fsp3) is 0.179. The maximum Gasteiger partial charge on any atom is 0.270 e. The van der Waals surface area contributed by atoms with Gasteiger partial charge in [-0.25, -0.2) is 0 Å². The number of rotatable bonds is 8. The number of halogens is 1. The molecule has 0 aromatic heterocycles. The van der Waals surface area contributed by atoms with Gasteiger partial charge in [-0.1, -0.05) is 42.2 Å². The van der Waals surface area contributed by atoms with E-state index >= 15 is 0 Å². The molecule has 1 aliphatic rings. The fourth-order valence-electron chi connectivity index (χ4n) is 3.74. The number of nitrogens with zero attached hydrogens (tertiary/aromatic N) is 1. The summed E-state index contributed by atoms with van der Waals surface area (Å²) >= 11 is 10.2. The van der Waals surface area contributed by atoms with Crippen molar-refractivity contribution in [1.82, 2.24) is 0 Å². The van der Waals surface area contributed by atoms with Gasteiger partial charge in [0.25, 0.3) is 11.8 Å². The second-order valence-corrected chi connectivity index (χ2v) is 10.9. The molecule has 1 saturated heterocycles. The summed E-state index contributed by atoms with van der Waals surface area (Å²) in [5.74, 6) is 0.847. The van der Waals surface area contributed by atoms with Crippen LogP contribution in [0.2, 0.25) is 0 Å². The molecule has 4 rings (SSSR count). The van der Waals surface area contributed by atoms with Crippen LogP contribution in [0.25, 0.3) is 6.08 Å². The third-order valence-electron chi connectivity index (χ3n) is 5.82. The molecule has 1 heterocycles. The molecule has 1 fully saturated rings. The number of carbonyl (C=O) groups is 2. The Morgan fingerprint density at radius 2 is 1.74 bits per heavy atom. The summed E-state index contributed by atoms with van der Waals surface area (Å²) in [6.45, 7) is 3.79. The zero-order chi connectivity index (χ0) is 27.4. The summed E-state index contributed by atoms with van der Waals surface area (Å²) in [6.07, 6.45) is 1.74. The molecule has 38 heavy (non-hydrogen) atoms. The van der Waals surface area contributed by atoms with Crippen molar-refractivity contribution in [1.29, 1.82) is 0 Å². The number of hydrogen-bond donors (Lipinski definition) is 1. The predicted molar refractivity (Wildman–Crippen MR) is 159 cm³/mol. The largest absolute Gasteiger partial charge is 0.495 e. The Morgan fingerprint density at radius 1 is 1.03 bits per heavy atom. The first-order valence-electron chi connectivity index (χ1n) is 11.5.